The number of esters is 1. The van der Waals surface area contributed by atoms with Gasteiger partial charge in [0.2, 0.25) is 11.8 Å². The molecule has 258 valence electrons. The molecule has 0 radical (unpaired) electrons. The van der Waals surface area contributed by atoms with Gasteiger partial charge in [0.15, 0.2) is 0 Å². The van der Waals surface area contributed by atoms with Crippen molar-refractivity contribution < 1.29 is 19.1 Å². The summed E-state index contributed by atoms with van der Waals surface area (Å²) in [6, 6.07) is 26.6. The van der Waals surface area contributed by atoms with E-state index in [0.717, 1.165) is 106 Å². The van der Waals surface area contributed by atoms with Crippen LogP contribution in [0.3, 0.4) is 0 Å². The number of unbranched alkanes of at least 4 members (excludes halogenated alkanes) is 3. The van der Waals surface area contributed by atoms with Crippen molar-refractivity contribution in [1.29, 1.82) is 0 Å². The van der Waals surface area contributed by atoms with Crippen molar-refractivity contribution in [2.45, 2.75) is 83.7 Å². The number of likely N-dealkylation sites (tertiary alicyclic amines) is 1. The number of nitrogens with zero attached hydrogens (tertiary/aromatic N) is 3. The molecule has 0 spiro atoms. The zero-order valence-electron chi connectivity index (χ0n) is 29.4. The van der Waals surface area contributed by atoms with Gasteiger partial charge in [-0.2, -0.15) is 0 Å². The Morgan fingerprint density at radius 3 is 2.10 bits per heavy atom. The Labute approximate surface area is 288 Å². The first-order chi connectivity index (χ1) is 23.3. The van der Waals surface area contributed by atoms with Crippen molar-refractivity contribution in [3.63, 3.8) is 0 Å². The van der Waals surface area contributed by atoms with E-state index < -0.39 is 0 Å². The van der Waals surface area contributed by atoms with Crippen LogP contribution in [0.25, 0.3) is 11.1 Å². The molecule has 0 unspecified atom stereocenters. The number of ether oxygens (including phenoxy) is 1. The van der Waals surface area contributed by atoms with Crippen molar-refractivity contribution in [2.24, 2.45) is 0 Å². The summed E-state index contributed by atoms with van der Waals surface area (Å²) < 4.78 is 5.88. The number of hydrogen-bond donors (Lipinski definition) is 0. The molecule has 0 aromatic heterocycles. The van der Waals surface area contributed by atoms with E-state index in [1.54, 1.807) is 4.90 Å². The molecule has 0 atom stereocenters. The summed E-state index contributed by atoms with van der Waals surface area (Å²) in [6.45, 7) is 6.19. The van der Waals surface area contributed by atoms with Crippen LogP contribution < -0.4 is 0 Å². The zero-order chi connectivity index (χ0) is 34.1. The Balaban J connectivity index is 1.04. The maximum absolute atomic E-state index is 12.8. The largest absolute Gasteiger partial charge is 0.462 e. The van der Waals surface area contributed by atoms with Crippen LogP contribution in [0.1, 0.15) is 75.0 Å². The van der Waals surface area contributed by atoms with Gasteiger partial charge in [-0.05, 0) is 66.3 Å². The first kappa shape index (κ1) is 36.9. The van der Waals surface area contributed by atoms with E-state index in [9.17, 15) is 14.4 Å². The molecule has 4 rings (SSSR count). The van der Waals surface area contributed by atoms with E-state index in [4.69, 9.17) is 4.74 Å². The van der Waals surface area contributed by atoms with Gasteiger partial charge >= 0.3 is 5.97 Å². The number of benzene rings is 3. The first-order valence-corrected chi connectivity index (χ1v) is 17.9. The minimum Gasteiger partial charge on any atom is -0.462 e. The van der Waals surface area contributed by atoms with E-state index in [0.29, 0.717) is 12.8 Å². The summed E-state index contributed by atoms with van der Waals surface area (Å²) in [7, 11) is 3.77. The number of carbonyl (C=O) groups is 3. The standard InChI is InChI=1S/C41H55N3O4/c1-4-26-42(2)40(46)31-34-22-20-33(21-23-34)14-8-5-6-11-19-39(45)43(3)29-30-44-27-24-37(25-28-44)48-41(47)32-36-17-12-13-18-38(36)35-15-9-7-10-16-35/h7,9-10,12-13,15-18,20-23,37H,4-6,8,11,14,19,24-32H2,1-3H3. The highest BCUT2D eigenvalue weighted by atomic mass is 16.5. The monoisotopic (exact) mass is 653 g/mol. The topological polar surface area (TPSA) is 70.2 Å². The van der Waals surface area contributed by atoms with Gasteiger partial charge in [-0.15, -0.1) is 0 Å². The second-order valence-corrected chi connectivity index (χ2v) is 13.3. The summed E-state index contributed by atoms with van der Waals surface area (Å²) in [6.07, 6.45) is 9.11. The van der Waals surface area contributed by atoms with Gasteiger partial charge in [-0.3, -0.25) is 14.4 Å². The number of aryl methyl sites for hydroxylation is 1. The number of amides is 2. The highest BCUT2D eigenvalue weighted by Gasteiger charge is 2.23. The minimum absolute atomic E-state index is 0.0513. The predicted octanol–water partition coefficient (Wildman–Crippen LogP) is 6.97. The molecular formula is C41H55N3O4. The van der Waals surface area contributed by atoms with E-state index in [1.807, 2.05) is 55.4 Å². The van der Waals surface area contributed by atoms with Crippen LogP contribution in [0.15, 0.2) is 78.9 Å². The Bertz CT molecular complexity index is 1420. The smallest absolute Gasteiger partial charge is 0.310 e. The van der Waals surface area contributed by atoms with E-state index >= 15 is 0 Å². The molecule has 1 saturated heterocycles. The molecule has 2 amide bonds. The maximum atomic E-state index is 12.8. The molecule has 7 heteroatoms. The van der Waals surface area contributed by atoms with Gasteiger partial charge in [0.25, 0.3) is 0 Å². The van der Waals surface area contributed by atoms with Gasteiger partial charge in [0, 0.05) is 53.2 Å². The van der Waals surface area contributed by atoms with Crippen molar-refractivity contribution in [3.8, 4) is 11.1 Å². The van der Waals surface area contributed by atoms with Crippen LogP contribution in [-0.2, 0) is 38.4 Å². The fourth-order valence-electron chi connectivity index (χ4n) is 6.37. The Morgan fingerprint density at radius 2 is 1.38 bits per heavy atom. The van der Waals surface area contributed by atoms with Crippen molar-refractivity contribution >= 4 is 17.8 Å². The number of piperidine rings is 1. The molecule has 7 nitrogen and oxygen atoms in total. The first-order valence-electron chi connectivity index (χ1n) is 17.9. The second-order valence-electron chi connectivity index (χ2n) is 13.3. The Kier molecular flexibility index (Phi) is 15.2. The number of likely N-dealkylation sites (N-methyl/N-ethyl adjacent to an activating group) is 2. The predicted molar refractivity (Wildman–Crippen MR) is 194 cm³/mol. The number of rotatable bonds is 18. The highest BCUT2D eigenvalue weighted by molar-refractivity contribution is 5.79. The minimum atomic E-state index is -0.170. The van der Waals surface area contributed by atoms with Gasteiger partial charge in [-0.1, -0.05) is 98.6 Å². The summed E-state index contributed by atoms with van der Waals surface area (Å²) in [4.78, 5) is 43.8. The SMILES string of the molecule is CCCN(C)C(=O)Cc1ccc(CCCCCCC(=O)N(C)CCN2CCC(OC(=O)Cc3ccccc3-c3ccccc3)CC2)cc1. The van der Waals surface area contributed by atoms with Gasteiger partial charge < -0.3 is 19.4 Å². The summed E-state index contributed by atoms with van der Waals surface area (Å²) in [5.74, 6) is 0.211. The number of hydrogen-bond acceptors (Lipinski definition) is 5. The quantitative estimate of drug-likeness (QED) is 0.110. The van der Waals surface area contributed by atoms with E-state index in [2.05, 4.69) is 54.3 Å². The molecule has 3 aromatic carbocycles. The van der Waals surface area contributed by atoms with Crippen molar-refractivity contribution in [1.82, 2.24) is 14.7 Å². The van der Waals surface area contributed by atoms with Gasteiger partial charge in [0.05, 0.1) is 12.8 Å². The van der Waals surface area contributed by atoms with Crippen molar-refractivity contribution in [3.05, 3.63) is 95.6 Å². The zero-order valence-corrected chi connectivity index (χ0v) is 29.4. The molecular weight excluding hydrogens is 598 g/mol. The average Bonchev–Trinajstić information content (AvgIpc) is 3.10. The molecule has 1 aliphatic rings. The molecule has 0 bridgehead atoms. The molecule has 0 saturated carbocycles. The average molecular weight is 654 g/mol. The lowest BCUT2D eigenvalue weighted by molar-refractivity contribution is -0.150. The molecule has 1 aliphatic heterocycles. The summed E-state index contributed by atoms with van der Waals surface area (Å²) in [5, 5.41) is 0. The van der Waals surface area contributed by atoms with Crippen molar-refractivity contribution in [2.75, 3.05) is 46.8 Å². The van der Waals surface area contributed by atoms with Crippen LogP contribution in [-0.4, -0.2) is 85.4 Å². The third-order valence-corrected chi connectivity index (χ3v) is 9.42. The molecule has 48 heavy (non-hydrogen) atoms. The fourth-order valence-corrected chi connectivity index (χ4v) is 6.37. The molecule has 3 aromatic rings. The maximum Gasteiger partial charge on any atom is 0.310 e. The molecule has 0 aliphatic carbocycles. The lowest BCUT2D eigenvalue weighted by Gasteiger charge is -2.32. The van der Waals surface area contributed by atoms with Gasteiger partial charge in [-0.25, -0.2) is 0 Å². The fraction of sp³-hybridized carbons (Fsp3) is 0.488. The summed E-state index contributed by atoms with van der Waals surface area (Å²) in [5.41, 5.74) is 5.53. The van der Waals surface area contributed by atoms with Crippen LogP contribution in [0.2, 0.25) is 0 Å². The second kappa shape index (κ2) is 19.8. The van der Waals surface area contributed by atoms with Crippen LogP contribution in [0, 0.1) is 0 Å². The molecule has 0 N–H and O–H groups in total. The van der Waals surface area contributed by atoms with Crippen LogP contribution in [0.5, 0.6) is 0 Å². The number of carbonyl (C=O) groups excluding carboxylic acids is 3. The Morgan fingerprint density at radius 1 is 0.729 bits per heavy atom. The lowest BCUT2D eigenvalue weighted by Crippen LogP contribution is -2.42. The third kappa shape index (κ3) is 12.2. The lowest BCUT2D eigenvalue weighted by atomic mass is 9.98. The van der Waals surface area contributed by atoms with E-state index in [1.165, 1.54) is 5.56 Å². The van der Waals surface area contributed by atoms with Gasteiger partial charge in [0.1, 0.15) is 6.10 Å². The molecule has 1 fully saturated rings. The van der Waals surface area contributed by atoms with Crippen LogP contribution in [0.4, 0.5) is 0 Å². The van der Waals surface area contributed by atoms with Crippen LogP contribution >= 0.6 is 0 Å². The third-order valence-electron chi connectivity index (χ3n) is 9.42. The highest BCUT2D eigenvalue weighted by Crippen LogP contribution is 2.25. The van der Waals surface area contributed by atoms with E-state index in [-0.39, 0.29) is 30.3 Å². The summed E-state index contributed by atoms with van der Waals surface area (Å²) >= 11 is 0. The molecule has 1 heterocycles. The normalized spacial score (nSPS) is 13.6. The Hall–Kier alpha value is -3.97.